The van der Waals surface area contributed by atoms with Gasteiger partial charge in [-0.3, -0.25) is 4.79 Å². The highest BCUT2D eigenvalue weighted by atomic mass is 32.2. The van der Waals surface area contributed by atoms with E-state index >= 15 is 0 Å². The molecule has 3 aromatic rings. The molecule has 0 aliphatic carbocycles. The Balaban J connectivity index is 1.44. The molecule has 2 heterocycles. The highest BCUT2D eigenvalue weighted by molar-refractivity contribution is 7.89. The summed E-state index contributed by atoms with van der Waals surface area (Å²) < 4.78 is 54.9. The minimum Gasteiger partial charge on any atom is -0.302 e. The summed E-state index contributed by atoms with van der Waals surface area (Å²) in [5, 5.41) is 3.36. The maximum atomic E-state index is 14.0. The number of benzene rings is 2. The number of piperidine rings is 1. The fourth-order valence-corrected chi connectivity index (χ4v) is 6.25. The van der Waals surface area contributed by atoms with Crippen molar-refractivity contribution in [2.24, 2.45) is 5.92 Å². The summed E-state index contributed by atoms with van der Waals surface area (Å²) in [4.78, 5) is 16.6. The number of anilines is 1. The fourth-order valence-electron chi connectivity index (χ4n) is 3.69. The first-order valence-electron chi connectivity index (χ1n) is 9.79. The van der Waals surface area contributed by atoms with Crippen LogP contribution in [-0.2, 0) is 14.8 Å². The number of hydrogen-bond acceptors (Lipinski definition) is 5. The van der Waals surface area contributed by atoms with Crippen LogP contribution in [0, 0.1) is 31.4 Å². The first-order chi connectivity index (χ1) is 14.7. The molecule has 1 N–H and O–H groups in total. The van der Waals surface area contributed by atoms with Crippen molar-refractivity contribution in [2.75, 3.05) is 18.4 Å². The SMILES string of the molecule is Cc1ccc(C)c2sc(NC(=O)C3CCN(S(=O)(=O)c4cc(F)ccc4F)CC3)nc12. The Morgan fingerprint density at radius 3 is 2.48 bits per heavy atom. The number of fused-ring (bicyclic) bond motifs is 1. The summed E-state index contributed by atoms with van der Waals surface area (Å²) >= 11 is 1.41. The molecule has 0 unspecified atom stereocenters. The predicted molar refractivity (Wildman–Crippen MR) is 116 cm³/mol. The van der Waals surface area contributed by atoms with E-state index in [1.165, 1.54) is 11.3 Å². The summed E-state index contributed by atoms with van der Waals surface area (Å²) in [5.41, 5.74) is 2.97. The van der Waals surface area contributed by atoms with E-state index in [0.29, 0.717) is 11.2 Å². The Hall–Kier alpha value is -2.43. The van der Waals surface area contributed by atoms with Crippen LogP contribution in [0.5, 0.6) is 0 Å². The summed E-state index contributed by atoms with van der Waals surface area (Å²) in [7, 11) is -4.17. The second-order valence-corrected chi connectivity index (χ2v) is 10.5. The van der Waals surface area contributed by atoms with Gasteiger partial charge in [0.15, 0.2) is 5.13 Å². The van der Waals surface area contributed by atoms with Gasteiger partial charge in [-0.2, -0.15) is 4.31 Å². The number of amides is 1. The zero-order chi connectivity index (χ0) is 22.3. The number of carbonyl (C=O) groups excluding carboxylic acids is 1. The Kier molecular flexibility index (Phi) is 5.80. The van der Waals surface area contributed by atoms with E-state index in [1.54, 1.807) is 0 Å². The number of hydrogen-bond donors (Lipinski definition) is 1. The van der Waals surface area contributed by atoms with Crippen molar-refractivity contribution in [1.82, 2.24) is 9.29 Å². The lowest BCUT2D eigenvalue weighted by molar-refractivity contribution is -0.120. The van der Waals surface area contributed by atoms with Crippen LogP contribution >= 0.6 is 11.3 Å². The number of carbonyl (C=O) groups is 1. The van der Waals surface area contributed by atoms with Gasteiger partial charge in [0.05, 0.1) is 10.2 Å². The van der Waals surface area contributed by atoms with Crippen molar-refractivity contribution >= 4 is 42.6 Å². The van der Waals surface area contributed by atoms with Gasteiger partial charge < -0.3 is 5.32 Å². The van der Waals surface area contributed by atoms with Crippen molar-refractivity contribution in [3.63, 3.8) is 0 Å². The predicted octanol–water partition coefficient (Wildman–Crippen LogP) is 4.23. The summed E-state index contributed by atoms with van der Waals surface area (Å²) in [6.07, 6.45) is 0.565. The second-order valence-electron chi connectivity index (χ2n) is 7.64. The molecule has 1 fully saturated rings. The fraction of sp³-hybridized carbons (Fsp3) is 0.333. The smallest absolute Gasteiger partial charge is 0.246 e. The lowest BCUT2D eigenvalue weighted by atomic mass is 9.97. The van der Waals surface area contributed by atoms with Crippen LogP contribution in [0.2, 0.25) is 0 Å². The van der Waals surface area contributed by atoms with Gasteiger partial charge in [-0.05, 0) is 56.0 Å². The maximum absolute atomic E-state index is 14.0. The third-order valence-corrected chi connectivity index (χ3v) is 8.53. The van der Waals surface area contributed by atoms with Crippen LogP contribution in [0.25, 0.3) is 10.2 Å². The van der Waals surface area contributed by atoms with Crippen molar-refractivity contribution in [2.45, 2.75) is 31.6 Å². The minimum atomic E-state index is -4.17. The van der Waals surface area contributed by atoms with Crippen LogP contribution in [0.15, 0.2) is 35.2 Å². The number of aromatic nitrogens is 1. The zero-order valence-electron chi connectivity index (χ0n) is 17.0. The topological polar surface area (TPSA) is 79.4 Å². The van der Waals surface area contributed by atoms with E-state index in [2.05, 4.69) is 10.3 Å². The molecule has 0 spiro atoms. The molecular formula is C21H21F2N3O3S2. The molecule has 0 radical (unpaired) electrons. The lowest BCUT2D eigenvalue weighted by Crippen LogP contribution is -2.41. The number of rotatable bonds is 4. The number of halogens is 2. The summed E-state index contributed by atoms with van der Waals surface area (Å²) in [6, 6.07) is 6.35. The van der Waals surface area contributed by atoms with Crippen LogP contribution in [0.1, 0.15) is 24.0 Å². The highest BCUT2D eigenvalue weighted by Crippen LogP contribution is 2.32. The molecule has 1 aliphatic rings. The van der Waals surface area contributed by atoms with Gasteiger partial charge in [0.25, 0.3) is 0 Å². The van der Waals surface area contributed by atoms with Gasteiger partial charge in [-0.25, -0.2) is 22.2 Å². The first kappa shape index (κ1) is 21.8. The average Bonchev–Trinajstić information content (AvgIpc) is 3.17. The number of sulfonamides is 1. The molecule has 1 amide bonds. The van der Waals surface area contributed by atoms with E-state index in [-0.39, 0.29) is 31.8 Å². The molecule has 0 atom stereocenters. The molecule has 6 nitrogen and oxygen atoms in total. The Bertz CT molecular complexity index is 1230. The number of thiazole rings is 1. The van der Waals surface area contributed by atoms with E-state index in [4.69, 9.17) is 0 Å². The van der Waals surface area contributed by atoms with Gasteiger partial charge in [0.2, 0.25) is 15.9 Å². The Morgan fingerprint density at radius 1 is 1.13 bits per heavy atom. The van der Waals surface area contributed by atoms with Gasteiger partial charge in [-0.1, -0.05) is 23.5 Å². The third kappa shape index (κ3) is 4.19. The molecule has 1 aliphatic heterocycles. The second kappa shape index (κ2) is 8.25. The maximum Gasteiger partial charge on any atom is 0.246 e. The van der Waals surface area contributed by atoms with E-state index in [9.17, 15) is 22.0 Å². The van der Waals surface area contributed by atoms with Gasteiger partial charge in [-0.15, -0.1) is 0 Å². The quantitative estimate of drug-likeness (QED) is 0.625. The largest absolute Gasteiger partial charge is 0.302 e. The lowest BCUT2D eigenvalue weighted by Gasteiger charge is -2.30. The number of nitrogens with one attached hydrogen (secondary N) is 1. The monoisotopic (exact) mass is 465 g/mol. The molecule has 1 saturated heterocycles. The van der Waals surface area contributed by atoms with Crippen LogP contribution in [-0.4, -0.2) is 36.7 Å². The van der Waals surface area contributed by atoms with Crippen LogP contribution in [0.3, 0.4) is 0 Å². The van der Waals surface area contributed by atoms with Gasteiger partial charge in [0.1, 0.15) is 16.5 Å². The highest BCUT2D eigenvalue weighted by Gasteiger charge is 2.34. The summed E-state index contributed by atoms with van der Waals surface area (Å²) in [5.74, 6) is -2.43. The van der Waals surface area contributed by atoms with Crippen LogP contribution < -0.4 is 5.32 Å². The van der Waals surface area contributed by atoms with Crippen molar-refractivity contribution < 1.29 is 22.0 Å². The molecule has 0 bridgehead atoms. The van der Waals surface area contributed by atoms with Crippen molar-refractivity contribution in [3.8, 4) is 0 Å². The molecule has 31 heavy (non-hydrogen) atoms. The Morgan fingerprint density at radius 2 is 1.81 bits per heavy atom. The Labute approximate surface area is 183 Å². The normalized spacial score (nSPS) is 16.0. The minimum absolute atomic E-state index is 0.0500. The standard InChI is InChI=1S/C21H21F2N3O3S2/c1-12-3-4-13(2)19-18(12)24-21(30-19)25-20(27)14-7-9-26(10-8-14)31(28,29)17-11-15(22)5-6-16(17)23/h3-6,11,14H,7-10H2,1-2H3,(H,24,25,27). The zero-order valence-corrected chi connectivity index (χ0v) is 18.6. The molecular weight excluding hydrogens is 444 g/mol. The van der Waals surface area contributed by atoms with Gasteiger partial charge >= 0.3 is 0 Å². The molecule has 10 heteroatoms. The molecule has 4 rings (SSSR count). The summed E-state index contributed by atoms with van der Waals surface area (Å²) in [6.45, 7) is 4.05. The van der Waals surface area contributed by atoms with Gasteiger partial charge in [0, 0.05) is 19.0 Å². The van der Waals surface area contributed by atoms with Crippen molar-refractivity contribution in [1.29, 1.82) is 0 Å². The molecule has 1 aromatic heterocycles. The molecule has 164 valence electrons. The average molecular weight is 466 g/mol. The molecule has 0 saturated carbocycles. The third-order valence-electron chi connectivity index (χ3n) is 5.51. The number of aryl methyl sites for hydroxylation is 2. The number of nitrogens with zero attached hydrogens (tertiary/aromatic N) is 2. The first-order valence-corrected chi connectivity index (χ1v) is 12.1. The van der Waals surface area contributed by atoms with Crippen molar-refractivity contribution in [3.05, 3.63) is 53.1 Å². The van der Waals surface area contributed by atoms with E-state index in [1.807, 2.05) is 26.0 Å². The van der Waals surface area contributed by atoms with Crippen LogP contribution in [0.4, 0.5) is 13.9 Å². The van der Waals surface area contributed by atoms with E-state index < -0.39 is 32.5 Å². The van der Waals surface area contributed by atoms with E-state index in [0.717, 1.165) is 37.8 Å². The molecule has 2 aromatic carbocycles.